The van der Waals surface area contributed by atoms with Gasteiger partial charge in [-0.2, -0.15) is 0 Å². The van der Waals surface area contributed by atoms with Gasteiger partial charge in [-0.25, -0.2) is 0 Å². The molecule has 6 nitrogen and oxygen atoms in total. The van der Waals surface area contributed by atoms with Crippen molar-refractivity contribution in [3.8, 4) is 0 Å². The van der Waals surface area contributed by atoms with Crippen LogP contribution in [0.3, 0.4) is 0 Å². The lowest BCUT2D eigenvalue weighted by atomic mass is 9.84. The first kappa shape index (κ1) is 16.8. The van der Waals surface area contributed by atoms with E-state index in [0.717, 1.165) is 56.1 Å². The minimum atomic E-state index is -0.494. The molecule has 1 aromatic carbocycles. The number of furan rings is 1. The number of hydrogen-bond acceptors (Lipinski definition) is 5. The van der Waals surface area contributed by atoms with E-state index in [1.165, 1.54) is 0 Å². The van der Waals surface area contributed by atoms with Crippen LogP contribution in [0.2, 0.25) is 0 Å². The standard InChI is InChI=1S/C21H25N3O3/c1-15-6-7-16(27-15)12-24-10-8-20(9-11-24)13-21(14-26-20)22-18-5-3-2-4-17(18)19(25)23-21/h2-7,22H,8-14H2,1H3,(H,23,25)/t21-/m0/s1. The van der Waals surface area contributed by atoms with Gasteiger partial charge in [0.25, 0.3) is 5.91 Å². The van der Waals surface area contributed by atoms with E-state index in [9.17, 15) is 4.79 Å². The molecule has 3 aliphatic rings. The van der Waals surface area contributed by atoms with Crippen molar-refractivity contribution in [1.82, 2.24) is 10.2 Å². The summed E-state index contributed by atoms with van der Waals surface area (Å²) >= 11 is 0. The molecule has 0 aliphatic carbocycles. The molecule has 0 bridgehead atoms. The summed E-state index contributed by atoms with van der Waals surface area (Å²) in [5.74, 6) is 1.96. The van der Waals surface area contributed by atoms with Crippen LogP contribution >= 0.6 is 0 Å². The van der Waals surface area contributed by atoms with Gasteiger partial charge in [0.1, 0.15) is 17.2 Å². The third-order valence-electron chi connectivity index (χ3n) is 6.09. The molecule has 4 heterocycles. The zero-order valence-corrected chi connectivity index (χ0v) is 15.6. The fraction of sp³-hybridized carbons (Fsp3) is 0.476. The van der Waals surface area contributed by atoms with Crippen molar-refractivity contribution in [2.24, 2.45) is 0 Å². The molecule has 3 aliphatic heterocycles. The summed E-state index contributed by atoms with van der Waals surface area (Å²) in [5.41, 5.74) is 0.939. The number of amides is 1. The molecule has 1 amide bonds. The van der Waals surface area contributed by atoms with Gasteiger partial charge in [-0.3, -0.25) is 9.69 Å². The highest BCUT2D eigenvalue weighted by molar-refractivity contribution is 6.02. The molecule has 142 valence electrons. The number of rotatable bonds is 2. The lowest BCUT2D eigenvalue weighted by Crippen LogP contribution is -2.59. The van der Waals surface area contributed by atoms with E-state index in [0.29, 0.717) is 12.2 Å². The van der Waals surface area contributed by atoms with Gasteiger partial charge in [0, 0.05) is 25.2 Å². The molecule has 2 aromatic rings. The minimum Gasteiger partial charge on any atom is -0.465 e. The normalized spacial score (nSPS) is 26.8. The van der Waals surface area contributed by atoms with Gasteiger partial charge in [-0.1, -0.05) is 12.1 Å². The van der Waals surface area contributed by atoms with Crippen LogP contribution in [0, 0.1) is 6.92 Å². The Morgan fingerprint density at radius 2 is 1.93 bits per heavy atom. The average Bonchev–Trinajstić information content (AvgIpc) is 3.21. The Morgan fingerprint density at radius 1 is 1.11 bits per heavy atom. The van der Waals surface area contributed by atoms with Crippen molar-refractivity contribution in [3.05, 3.63) is 53.5 Å². The molecule has 6 heteroatoms. The monoisotopic (exact) mass is 367 g/mol. The fourth-order valence-electron chi connectivity index (χ4n) is 4.68. The third-order valence-corrected chi connectivity index (χ3v) is 6.09. The van der Waals surface area contributed by atoms with Crippen molar-refractivity contribution in [1.29, 1.82) is 0 Å². The zero-order valence-electron chi connectivity index (χ0n) is 15.6. The number of carbonyl (C=O) groups excluding carboxylic acids is 1. The van der Waals surface area contributed by atoms with Gasteiger partial charge < -0.3 is 19.8 Å². The minimum absolute atomic E-state index is 0.0179. The number of likely N-dealkylation sites (tertiary alicyclic amines) is 1. The van der Waals surface area contributed by atoms with Gasteiger partial charge in [0.05, 0.1) is 24.3 Å². The first-order valence-electron chi connectivity index (χ1n) is 9.66. The SMILES string of the molecule is Cc1ccc(CN2CCC3(CC2)C[C@@]2(CO3)NC(=O)c3ccccc3N2)o1. The maximum Gasteiger partial charge on any atom is 0.255 e. The van der Waals surface area contributed by atoms with Gasteiger partial charge >= 0.3 is 0 Å². The molecule has 0 saturated carbocycles. The predicted molar refractivity (Wildman–Crippen MR) is 102 cm³/mol. The fourth-order valence-corrected chi connectivity index (χ4v) is 4.68. The lowest BCUT2D eigenvalue weighted by molar-refractivity contribution is -0.0461. The highest BCUT2D eigenvalue weighted by Gasteiger charge is 2.53. The van der Waals surface area contributed by atoms with E-state index < -0.39 is 5.66 Å². The van der Waals surface area contributed by atoms with Gasteiger partial charge in [-0.05, 0) is 44.0 Å². The highest BCUT2D eigenvalue weighted by atomic mass is 16.5. The molecule has 2 N–H and O–H groups in total. The van der Waals surface area contributed by atoms with Crippen molar-refractivity contribution < 1.29 is 13.9 Å². The van der Waals surface area contributed by atoms with Crippen LogP contribution in [0.15, 0.2) is 40.8 Å². The van der Waals surface area contributed by atoms with Crippen LogP contribution in [-0.2, 0) is 11.3 Å². The summed E-state index contributed by atoms with van der Waals surface area (Å²) in [4.78, 5) is 15.0. The molecule has 27 heavy (non-hydrogen) atoms. The Balaban J connectivity index is 1.26. The molecule has 2 saturated heterocycles. The molecule has 2 fully saturated rings. The lowest BCUT2D eigenvalue weighted by Gasteiger charge is -2.40. The van der Waals surface area contributed by atoms with Gasteiger partial charge in [0.2, 0.25) is 0 Å². The number of nitrogens with zero attached hydrogens (tertiary/aromatic N) is 1. The summed E-state index contributed by atoms with van der Waals surface area (Å²) < 4.78 is 12.0. The van der Waals surface area contributed by atoms with Crippen LogP contribution in [-0.4, -0.2) is 41.8 Å². The number of para-hydroxylation sites is 1. The van der Waals surface area contributed by atoms with Crippen LogP contribution in [0.25, 0.3) is 0 Å². The molecule has 1 aromatic heterocycles. The molecule has 5 rings (SSSR count). The molecule has 1 atom stereocenters. The van der Waals surface area contributed by atoms with Crippen LogP contribution in [0.5, 0.6) is 0 Å². The highest BCUT2D eigenvalue weighted by Crippen LogP contribution is 2.43. The van der Waals surface area contributed by atoms with E-state index in [1.54, 1.807) is 0 Å². The number of piperidine rings is 1. The Labute approximate surface area is 158 Å². The molecule has 0 radical (unpaired) electrons. The van der Waals surface area contributed by atoms with Crippen molar-refractivity contribution in [2.45, 2.75) is 44.0 Å². The van der Waals surface area contributed by atoms with Gasteiger partial charge in [-0.15, -0.1) is 0 Å². The maximum atomic E-state index is 12.5. The smallest absolute Gasteiger partial charge is 0.255 e. The van der Waals surface area contributed by atoms with E-state index >= 15 is 0 Å². The summed E-state index contributed by atoms with van der Waals surface area (Å²) in [7, 11) is 0. The number of benzene rings is 1. The van der Waals surface area contributed by atoms with Crippen molar-refractivity contribution in [3.63, 3.8) is 0 Å². The first-order valence-corrected chi connectivity index (χ1v) is 9.66. The molecule has 0 unspecified atom stereocenters. The maximum absolute atomic E-state index is 12.5. The van der Waals surface area contributed by atoms with E-state index in [-0.39, 0.29) is 11.5 Å². The molecule has 2 spiro atoms. The first-order chi connectivity index (χ1) is 13.0. The summed E-state index contributed by atoms with van der Waals surface area (Å²) in [6, 6.07) is 11.7. The second kappa shape index (κ2) is 6.11. The number of fused-ring (bicyclic) bond motifs is 1. The Hall–Kier alpha value is -2.31. The number of aryl methyl sites for hydroxylation is 1. The number of hydrogen-bond donors (Lipinski definition) is 2. The Morgan fingerprint density at radius 3 is 2.70 bits per heavy atom. The zero-order chi connectivity index (χ0) is 18.5. The summed E-state index contributed by atoms with van der Waals surface area (Å²) in [6.45, 7) is 5.27. The predicted octanol–water partition coefficient (Wildman–Crippen LogP) is 2.89. The van der Waals surface area contributed by atoms with Gasteiger partial charge in [0.15, 0.2) is 0 Å². The number of carbonyl (C=O) groups is 1. The molecular formula is C21H25N3O3. The number of ether oxygens (including phenoxy) is 1. The summed E-state index contributed by atoms with van der Waals surface area (Å²) in [5, 5.41) is 6.71. The topological polar surface area (TPSA) is 66.7 Å². The van der Waals surface area contributed by atoms with Crippen LogP contribution in [0.1, 0.15) is 41.1 Å². The largest absolute Gasteiger partial charge is 0.465 e. The van der Waals surface area contributed by atoms with Crippen molar-refractivity contribution >= 4 is 11.6 Å². The summed E-state index contributed by atoms with van der Waals surface area (Å²) in [6.07, 6.45) is 2.73. The quantitative estimate of drug-likeness (QED) is 0.854. The second-order valence-electron chi connectivity index (χ2n) is 8.14. The van der Waals surface area contributed by atoms with E-state index in [2.05, 4.69) is 21.6 Å². The third kappa shape index (κ3) is 3.03. The number of nitrogens with one attached hydrogen (secondary N) is 2. The van der Waals surface area contributed by atoms with Crippen molar-refractivity contribution in [2.75, 3.05) is 25.0 Å². The Kier molecular flexibility index (Phi) is 3.81. The van der Waals surface area contributed by atoms with E-state index in [1.807, 2.05) is 37.3 Å². The average molecular weight is 367 g/mol. The Bertz CT molecular complexity index is 869. The van der Waals surface area contributed by atoms with Crippen LogP contribution < -0.4 is 10.6 Å². The molecular weight excluding hydrogens is 342 g/mol. The second-order valence-corrected chi connectivity index (χ2v) is 8.14. The van der Waals surface area contributed by atoms with Crippen LogP contribution in [0.4, 0.5) is 5.69 Å². The number of anilines is 1. The van der Waals surface area contributed by atoms with E-state index in [4.69, 9.17) is 9.15 Å².